The second-order valence-electron chi connectivity index (χ2n) is 7.23. The summed E-state index contributed by atoms with van der Waals surface area (Å²) in [6.07, 6.45) is 2.34. The number of halogens is 1. The number of ether oxygens (including phenoxy) is 1. The van der Waals surface area contributed by atoms with E-state index in [1.807, 2.05) is 19.1 Å². The maximum Gasteiger partial charge on any atom is 0.258 e. The van der Waals surface area contributed by atoms with E-state index < -0.39 is 0 Å². The van der Waals surface area contributed by atoms with Crippen molar-refractivity contribution in [3.8, 4) is 5.75 Å². The molecule has 0 aliphatic carbocycles. The summed E-state index contributed by atoms with van der Waals surface area (Å²) in [7, 11) is 0. The number of nitrogens with zero attached hydrogens (tertiary/aromatic N) is 1. The zero-order valence-corrected chi connectivity index (χ0v) is 16.7. The Kier molecular flexibility index (Phi) is 6.80. The standard InChI is InChI=1S/C21H27ClN2O3/c1-15-9-11-24(12-10-15)19(20-8-3-16(2)27-20)13-23-21(25)14-26-18-6-4-17(22)5-7-18/h3-8,15,19H,9-14H2,1-2H3,(H,23,25)/t19-/m0/s1. The molecule has 1 N–H and O–H groups in total. The van der Waals surface area contributed by atoms with Crippen LogP contribution in [0.1, 0.15) is 37.3 Å². The lowest BCUT2D eigenvalue weighted by Gasteiger charge is -2.35. The summed E-state index contributed by atoms with van der Waals surface area (Å²) in [6.45, 7) is 6.74. The smallest absolute Gasteiger partial charge is 0.258 e. The highest BCUT2D eigenvalue weighted by atomic mass is 35.5. The summed E-state index contributed by atoms with van der Waals surface area (Å²) >= 11 is 5.85. The molecule has 1 aromatic heterocycles. The van der Waals surface area contributed by atoms with Gasteiger partial charge in [-0.05, 0) is 75.2 Å². The molecule has 0 bridgehead atoms. The van der Waals surface area contributed by atoms with E-state index >= 15 is 0 Å². The van der Waals surface area contributed by atoms with Crippen LogP contribution in [0.3, 0.4) is 0 Å². The molecule has 146 valence electrons. The number of nitrogens with one attached hydrogen (secondary N) is 1. The summed E-state index contributed by atoms with van der Waals surface area (Å²) < 4.78 is 11.4. The van der Waals surface area contributed by atoms with Gasteiger partial charge in [-0.3, -0.25) is 9.69 Å². The number of amides is 1. The van der Waals surface area contributed by atoms with Gasteiger partial charge in [-0.15, -0.1) is 0 Å². The number of hydrogen-bond acceptors (Lipinski definition) is 4. The van der Waals surface area contributed by atoms with Gasteiger partial charge in [0, 0.05) is 11.6 Å². The van der Waals surface area contributed by atoms with Crippen LogP contribution in [0.2, 0.25) is 5.02 Å². The molecule has 1 atom stereocenters. The number of piperidine rings is 1. The van der Waals surface area contributed by atoms with E-state index in [0.717, 1.165) is 30.5 Å². The van der Waals surface area contributed by atoms with Crippen molar-refractivity contribution >= 4 is 17.5 Å². The molecule has 1 fully saturated rings. The average molecular weight is 391 g/mol. The minimum atomic E-state index is -0.149. The van der Waals surface area contributed by atoms with Gasteiger partial charge in [0.1, 0.15) is 17.3 Å². The first-order valence-electron chi connectivity index (χ1n) is 9.46. The van der Waals surface area contributed by atoms with Gasteiger partial charge in [-0.1, -0.05) is 18.5 Å². The largest absolute Gasteiger partial charge is 0.484 e. The molecular weight excluding hydrogens is 364 g/mol. The number of likely N-dealkylation sites (tertiary alicyclic amines) is 1. The van der Waals surface area contributed by atoms with Crippen LogP contribution in [0, 0.1) is 12.8 Å². The first kappa shape index (κ1) is 19.8. The van der Waals surface area contributed by atoms with E-state index in [-0.39, 0.29) is 18.6 Å². The molecule has 2 aromatic rings. The van der Waals surface area contributed by atoms with Crippen LogP contribution in [0.4, 0.5) is 0 Å². The molecule has 1 aliphatic rings. The van der Waals surface area contributed by atoms with Crippen LogP contribution >= 0.6 is 11.6 Å². The normalized spacial score (nSPS) is 16.9. The Hall–Kier alpha value is -1.98. The predicted molar refractivity (Wildman–Crippen MR) is 106 cm³/mol. The molecule has 1 amide bonds. The number of benzene rings is 1. The number of rotatable bonds is 7. The van der Waals surface area contributed by atoms with Gasteiger partial charge in [0.15, 0.2) is 6.61 Å². The fourth-order valence-corrected chi connectivity index (χ4v) is 3.45. The maximum atomic E-state index is 12.2. The number of furan rings is 1. The Bertz CT molecular complexity index is 736. The second-order valence-corrected chi connectivity index (χ2v) is 7.67. The first-order chi connectivity index (χ1) is 13.0. The Balaban J connectivity index is 1.55. The number of hydrogen-bond donors (Lipinski definition) is 1. The summed E-state index contributed by atoms with van der Waals surface area (Å²) in [5.74, 6) is 3.02. The van der Waals surface area contributed by atoms with Crippen LogP contribution in [-0.2, 0) is 4.79 Å². The van der Waals surface area contributed by atoms with Crippen LogP contribution in [0.5, 0.6) is 5.75 Å². The third kappa shape index (κ3) is 5.75. The molecule has 0 saturated carbocycles. The van der Waals surface area contributed by atoms with Gasteiger partial charge in [-0.2, -0.15) is 0 Å². The molecule has 1 aliphatic heterocycles. The number of carbonyl (C=O) groups is 1. The lowest BCUT2D eigenvalue weighted by molar-refractivity contribution is -0.123. The van der Waals surface area contributed by atoms with Crippen molar-refractivity contribution in [1.29, 1.82) is 0 Å². The number of carbonyl (C=O) groups excluding carboxylic acids is 1. The van der Waals surface area contributed by atoms with Crippen LogP contribution < -0.4 is 10.1 Å². The van der Waals surface area contributed by atoms with Gasteiger partial charge < -0.3 is 14.5 Å². The van der Waals surface area contributed by atoms with Crippen molar-refractivity contribution in [1.82, 2.24) is 10.2 Å². The van der Waals surface area contributed by atoms with Crippen molar-refractivity contribution in [2.45, 2.75) is 32.7 Å². The first-order valence-corrected chi connectivity index (χ1v) is 9.84. The van der Waals surface area contributed by atoms with Crippen molar-refractivity contribution in [2.24, 2.45) is 5.92 Å². The van der Waals surface area contributed by atoms with E-state index in [2.05, 4.69) is 17.1 Å². The van der Waals surface area contributed by atoms with Gasteiger partial charge in [0.05, 0.1) is 6.04 Å². The molecule has 0 spiro atoms. The Morgan fingerprint density at radius 3 is 2.59 bits per heavy atom. The highest BCUT2D eigenvalue weighted by Gasteiger charge is 2.27. The number of aryl methyl sites for hydroxylation is 1. The molecule has 0 unspecified atom stereocenters. The molecule has 1 saturated heterocycles. The highest BCUT2D eigenvalue weighted by Crippen LogP contribution is 2.27. The summed E-state index contributed by atoms with van der Waals surface area (Å²) in [5.41, 5.74) is 0. The van der Waals surface area contributed by atoms with Crippen LogP contribution in [0.25, 0.3) is 0 Å². The zero-order chi connectivity index (χ0) is 19.2. The minimum Gasteiger partial charge on any atom is -0.484 e. The van der Waals surface area contributed by atoms with E-state index in [0.29, 0.717) is 17.3 Å². The second kappa shape index (κ2) is 9.29. The molecule has 5 nitrogen and oxygen atoms in total. The molecule has 0 radical (unpaired) electrons. The lowest BCUT2D eigenvalue weighted by atomic mass is 9.97. The summed E-state index contributed by atoms with van der Waals surface area (Å²) in [5, 5.41) is 3.63. The summed E-state index contributed by atoms with van der Waals surface area (Å²) in [4.78, 5) is 14.6. The third-order valence-corrected chi connectivity index (χ3v) is 5.28. The zero-order valence-electron chi connectivity index (χ0n) is 15.9. The Labute approximate surface area is 165 Å². The maximum absolute atomic E-state index is 12.2. The van der Waals surface area contributed by atoms with Crippen molar-refractivity contribution in [2.75, 3.05) is 26.2 Å². The van der Waals surface area contributed by atoms with Gasteiger partial charge in [0.25, 0.3) is 5.91 Å². The minimum absolute atomic E-state index is 0.0252. The average Bonchev–Trinajstić information content (AvgIpc) is 3.09. The van der Waals surface area contributed by atoms with E-state index in [9.17, 15) is 4.79 Å². The molecule has 2 heterocycles. The Morgan fingerprint density at radius 1 is 1.26 bits per heavy atom. The topological polar surface area (TPSA) is 54.7 Å². The van der Waals surface area contributed by atoms with E-state index in [1.165, 1.54) is 12.8 Å². The predicted octanol–water partition coefficient (Wildman–Crippen LogP) is 4.21. The Morgan fingerprint density at radius 2 is 1.96 bits per heavy atom. The van der Waals surface area contributed by atoms with E-state index in [4.69, 9.17) is 20.8 Å². The lowest BCUT2D eigenvalue weighted by Crippen LogP contribution is -2.42. The van der Waals surface area contributed by atoms with Crippen LogP contribution in [-0.4, -0.2) is 37.0 Å². The van der Waals surface area contributed by atoms with Crippen molar-refractivity contribution in [3.63, 3.8) is 0 Å². The van der Waals surface area contributed by atoms with Crippen molar-refractivity contribution < 1.29 is 13.9 Å². The molecule has 1 aromatic carbocycles. The van der Waals surface area contributed by atoms with E-state index in [1.54, 1.807) is 24.3 Å². The highest BCUT2D eigenvalue weighted by molar-refractivity contribution is 6.30. The third-order valence-electron chi connectivity index (χ3n) is 5.02. The fourth-order valence-electron chi connectivity index (χ4n) is 3.32. The fraction of sp³-hybridized carbons (Fsp3) is 0.476. The summed E-state index contributed by atoms with van der Waals surface area (Å²) in [6, 6.07) is 11.0. The van der Waals surface area contributed by atoms with Gasteiger partial charge >= 0.3 is 0 Å². The molecule has 6 heteroatoms. The van der Waals surface area contributed by atoms with Gasteiger partial charge in [0.2, 0.25) is 0 Å². The SMILES string of the molecule is Cc1ccc([C@H](CNC(=O)COc2ccc(Cl)cc2)N2CCC(C)CC2)o1. The quantitative estimate of drug-likeness (QED) is 0.769. The van der Waals surface area contributed by atoms with Crippen molar-refractivity contribution in [3.05, 3.63) is 52.9 Å². The molecule has 3 rings (SSSR count). The van der Waals surface area contributed by atoms with Gasteiger partial charge in [-0.25, -0.2) is 0 Å². The molecular formula is C21H27ClN2O3. The molecule has 27 heavy (non-hydrogen) atoms. The monoisotopic (exact) mass is 390 g/mol. The van der Waals surface area contributed by atoms with Crippen LogP contribution in [0.15, 0.2) is 40.8 Å².